The molecule has 21 heavy (non-hydrogen) atoms. The first kappa shape index (κ1) is 12.7. The van der Waals surface area contributed by atoms with Crippen LogP contribution in [0.2, 0.25) is 0 Å². The SMILES string of the molecule is Cc1cc(-c2nn3c(-c4cccc(Br)c4)nnc3s2)no1. The Balaban J connectivity index is 1.86. The second kappa shape index (κ2) is 4.74. The second-order valence-corrected chi connectivity index (χ2v) is 6.33. The Kier molecular flexibility index (Phi) is 2.86. The summed E-state index contributed by atoms with van der Waals surface area (Å²) in [6.45, 7) is 1.85. The van der Waals surface area contributed by atoms with Crippen molar-refractivity contribution in [2.24, 2.45) is 0 Å². The van der Waals surface area contributed by atoms with Gasteiger partial charge in [-0.3, -0.25) is 0 Å². The lowest BCUT2D eigenvalue weighted by Gasteiger charge is -1.97. The van der Waals surface area contributed by atoms with Crippen molar-refractivity contribution < 1.29 is 4.52 Å². The quantitative estimate of drug-likeness (QED) is 0.545. The summed E-state index contributed by atoms with van der Waals surface area (Å²) < 4.78 is 7.80. The molecule has 0 aliphatic carbocycles. The van der Waals surface area contributed by atoms with E-state index in [-0.39, 0.29) is 0 Å². The molecule has 8 heteroatoms. The van der Waals surface area contributed by atoms with Crippen LogP contribution in [0.4, 0.5) is 0 Å². The minimum absolute atomic E-state index is 0.703. The fraction of sp³-hybridized carbons (Fsp3) is 0.0769. The van der Waals surface area contributed by atoms with Crippen LogP contribution < -0.4 is 0 Å². The van der Waals surface area contributed by atoms with Gasteiger partial charge in [0.15, 0.2) is 10.8 Å². The fourth-order valence-corrected chi connectivity index (χ4v) is 3.19. The Labute approximate surface area is 131 Å². The number of aryl methyl sites for hydroxylation is 1. The van der Waals surface area contributed by atoms with E-state index in [1.54, 1.807) is 4.52 Å². The molecule has 6 nitrogen and oxygen atoms in total. The molecular weight excluding hydrogens is 354 g/mol. The van der Waals surface area contributed by atoms with Crippen LogP contribution in [0, 0.1) is 6.92 Å². The van der Waals surface area contributed by atoms with Crippen molar-refractivity contribution in [3.05, 3.63) is 40.6 Å². The van der Waals surface area contributed by atoms with E-state index < -0.39 is 0 Å². The summed E-state index contributed by atoms with van der Waals surface area (Å²) in [5.41, 5.74) is 1.66. The number of fused-ring (bicyclic) bond motifs is 1. The predicted octanol–water partition coefficient (Wildman–Crippen LogP) is 3.58. The number of hydrogen-bond donors (Lipinski definition) is 0. The van der Waals surface area contributed by atoms with Gasteiger partial charge in [-0.2, -0.15) is 9.61 Å². The Bertz CT molecular complexity index is 941. The molecule has 104 valence electrons. The molecule has 0 amide bonds. The van der Waals surface area contributed by atoms with Gasteiger partial charge in [-0.25, -0.2) is 0 Å². The van der Waals surface area contributed by atoms with Crippen LogP contribution in [0.15, 0.2) is 39.3 Å². The molecule has 4 aromatic rings. The van der Waals surface area contributed by atoms with Crippen molar-refractivity contribution in [2.45, 2.75) is 6.92 Å². The van der Waals surface area contributed by atoms with Gasteiger partial charge in [0.2, 0.25) is 4.96 Å². The molecule has 0 N–H and O–H groups in total. The topological polar surface area (TPSA) is 69.1 Å². The summed E-state index contributed by atoms with van der Waals surface area (Å²) in [6.07, 6.45) is 0. The molecule has 0 bridgehead atoms. The Morgan fingerprint density at radius 1 is 1.24 bits per heavy atom. The van der Waals surface area contributed by atoms with E-state index >= 15 is 0 Å². The van der Waals surface area contributed by atoms with Gasteiger partial charge in [0, 0.05) is 16.1 Å². The van der Waals surface area contributed by atoms with E-state index in [0.29, 0.717) is 11.5 Å². The van der Waals surface area contributed by atoms with Crippen molar-refractivity contribution >= 4 is 32.2 Å². The number of aromatic nitrogens is 5. The summed E-state index contributed by atoms with van der Waals surface area (Å²) in [5, 5.41) is 17.6. The number of benzene rings is 1. The third-order valence-electron chi connectivity index (χ3n) is 2.92. The monoisotopic (exact) mass is 361 g/mol. The number of rotatable bonds is 2. The second-order valence-electron chi connectivity index (χ2n) is 4.46. The van der Waals surface area contributed by atoms with Crippen molar-refractivity contribution in [1.82, 2.24) is 25.0 Å². The first-order valence-corrected chi connectivity index (χ1v) is 7.73. The van der Waals surface area contributed by atoms with Gasteiger partial charge < -0.3 is 4.52 Å². The Hall–Kier alpha value is -2.06. The third kappa shape index (κ3) is 2.16. The van der Waals surface area contributed by atoms with Crippen molar-refractivity contribution in [3.8, 4) is 22.1 Å². The fourth-order valence-electron chi connectivity index (χ4n) is 2.00. The van der Waals surface area contributed by atoms with E-state index in [0.717, 1.165) is 25.8 Å². The number of halogens is 1. The molecule has 0 aliphatic heterocycles. The minimum atomic E-state index is 0.703. The lowest BCUT2D eigenvalue weighted by Crippen LogP contribution is -1.91. The Morgan fingerprint density at radius 3 is 2.90 bits per heavy atom. The summed E-state index contributed by atoms with van der Waals surface area (Å²) in [7, 11) is 0. The van der Waals surface area contributed by atoms with Gasteiger partial charge in [-0.1, -0.05) is 44.6 Å². The average molecular weight is 362 g/mol. The first-order chi connectivity index (χ1) is 10.2. The van der Waals surface area contributed by atoms with Crippen molar-refractivity contribution in [1.29, 1.82) is 0 Å². The molecule has 1 aromatic carbocycles. The largest absolute Gasteiger partial charge is 0.361 e. The molecule has 0 spiro atoms. The maximum absolute atomic E-state index is 5.09. The highest BCUT2D eigenvalue weighted by atomic mass is 79.9. The molecule has 0 radical (unpaired) electrons. The van der Waals surface area contributed by atoms with E-state index in [1.807, 2.05) is 37.3 Å². The molecule has 0 unspecified atom stereocenters. The van der Waals surface area contributed by atoms with E-state index in [4.69, 9.17) is 4.52 Å². The van der Waals surface area contributed by atoms with Crippen LogP contribution >= 0.6 is 27.3 Å². The van der Waals surface area contributed by atoms with Crippen molar-refractivity contribution in [3.63, 3.8) is 0 Å². The lowest BCUT2D eigenvalue weighted by molar-refractivity contribution is 0.399. The lowest BCUT2D eigenvalue weighted by atomic mass is 10.2. The summed E-state index contributed by atoms with van der Waals surface area (Å²) in [6, 6.07) is 9.72. The standard InChI is InChI=1S/C13H8BrN5OS/c1-7-5-10(18-20-7)12-17-19-11(15-16-13(19)21-12)8-3-2-4-9(14)6-8/h2-6H,1H3. The van der Waals surface area contributed by atoms with Crippen LogP contribution in [-0.2, 0) is 0 Å². The van der Waals surface area contributed by atoms with Crippen molar-refractivity contribution in [2.75, 3.05) is 0 Å². The number of hydrogen-bond acceptors (Lipinski definition) is 6. The highest BCUT2D eigenvalue weighted by molar-refractivity contribution is 9.10. The Morgan fingerprint density at radius 2 is 2.14 bits per heavy atom. The molecule has 4 rings (SSSR count). The van der Waals surface area contributed by atoms with E-state index in [9.17, 15) is 0 Å². The first-order valence-electron chi connectivity index (χ1n) is 6.12. The summed E-state index contributed by atoms with van der Waals surface area (Å²) >= 11 is 4.89. The van der Waals surface area contributed by atoms with E-state index in [1.165, 1.54) is 11.3 Å². The van der Waals surface area contributed by atoms with Gasteiger partial charge in [-0.15, -0.1) is 10.2 Å². The van der Waals surface area contributed by atoms with Crippen LogP contribution in [0.5, 0.6) is 0 Å². The minimum Gasteiger partial charge on any atom is -0.361 e. The zero-order valence-corrected chi connectivity index (χ0v) is 13.2. The molecule has 0 saturated heterocycles. The maximum atomic E-state index is 5.09. The average Bonchev–Trinajstić information content (AvgIpc) is 3.12. The highest BCUT2D eigenvalue weighted by Crippen LogP contribution is 2.28. The predicted molar refractivity (Wildman–Crippen MR) is 82.0 cm³/mol. The zero-order valence-electron chi connectivity index (χ0n) is 10.8. The van der Waals surface area contributed by atoms with Gasteiger partial charge in [0.05, 0.1) is 0 Å². The highest BCUT2D eigenvalue weighted by Gasteiger charge is 2.16. The molecule has 0 saturated carbocycles. The van der Waals surface area contributed by atoms with Crippen LogP contribution in [0.25, 0.3) is 27.1 Å². The molecule has 0 fully saturated rings. The van der Waals surface area contributed by atoms with Gasteiger partial charge in [0.1, 0.15) is 11.5 Å². The van der Waals surface area contributed by atoms with Crippen LogP contribution in [-0.4, -0.2) is 25.0 Å². The molecular formula is C13H8BrN5OS. The molecule has 0 aliphatic rings. The molecule has 3 heterocycles. The zero-order chi connectivity index (χ0) is 14.4. The summed E-state index contributed by atoms with van der Waals surface area (Å²) in [4.78, 5) is 0.723. The third-order valence-corrected chi connectivity index (χ3v) is 4.34. The van der Waals surface area contributed by atoms with Crippen LogP contribution in [0.1, 0.15) is 5.76 Å². The smallest absolute Gasteiger partial charge is 0.235 e. The van der Waals surface area contributed by atoms with Gasteiger partial charge >= 0.3 is 0 Å². The van der Waals surface area contributed by atoms with Gasteiger partial charge in [0.25, 0.3) is 0 Å². The van der Waals surface area contributed by atoms with Crippen LogP contribution in [0.3, 0.4) is 0 Å². The molecule has 3 aromatic heterocycles. The summed E-state index contributed by atoms with van der Waals surface area (Å²) in [5.74, 6) is 1.46. The normalized spacial score (nSPS) is 11.3. The number of nitrogens with zero attached hydrogens (tertiary/aromatic N) is 5. The van der Waals surface area contributed by atoms with Gasteiger partial charge in [-0.05, 0) is 19.1 Å². The maximum Gasteiger partial charge on any atom is 0.235 e. The van der Waals surface area contributed by atoms with E-state index in [2.05, 4.69) is 36.4 Å². The molecule has 0 atom stereocenters.